The SMILES string of the molecule is Cc1cc(S(=O)(=O)N2CCNCC2c2ccccc2Cl)c(C)o1. The Labute approximate surface area is 141 Å². The van der Waals surface area contributed by atoms with Gasteiger partial charge in [0.25, 0.3) is 0 Å². The topological polar surface area (TPSA) is 62.6 Å². The van der Waals surface area contributed by atoms with Gasteiger partial charge in [-0.05, 0) is 31.5 Å². The van der Waals surface area contributed by atoms with Crippen molar-refractivity contribution in [2.45, 2.75) is 24.8 Å². The van der Waals surface area contributed by atoms with Gasteiger partial charge < -0.3 is 9.73 Å². The fraction of sp³-hybridized carbons (Fsp3) is 0.375. The summed E-state index contributed by atoms with van der Waals surface area (Å²) in [7, 11) is -3.65. The Morgan fingerprint density at radius 3 is 2.70 bits per heavy atom. The lowest BCUT2D eigenvalue weighted by atomic mass is 10.1. The molecule has 7 heteroatoms. The summed E-state index contributed by atoms with van der Waals surface area (Å²) >= 11 is 6.29. The highest BCUT2D eigenvalue weighted by atomic mass is 35.5. The van der Waals surface area contributed by atoms with E-state index in [2.05, 4.69) is 5.32 Å². The van der Waals surface area contributed by atoms with Gasteiger partial charge in [0.05, 0.1) is 6.04 Å². The van der Waals surface area contributed by atoms with Crippen molar-refractivity contribution in [3.05, 3.63) is 52.4 Å². The molecule has 1 saturated heterocycles. The van der Waals surface area contributed by atoms with Gasteiger partial charge >= 0.3 is 0 Å². The number of nitrogens with one attached hydrogen (secondary N) is 1. The van der Waals surface area contributed by atoms with Crippen LogP contribution >= 0.6 is 11.6 Å². The first-order chi connectivity index (χ1) is 10.9. The lowest BCUT2D eigenvalue weighted by Crippen LogP contribution is -2.48. The van der Waals surface area contributed by atoms with Crippen molar-refractivity contribution in [2.24, 2.45) is 0 Å². The average molecular weight is 355 g/mol. The molecule has 1 fully saturated rings. The quantitative estimate of drug-likeness (QED) is 0.920. The maximum atomic E-state index is 13.1. The fourth-order valence-electron chi connectivity index (χ4n) is 2.97. The number of hydrogen-bond donors (Lipinski definition) is 1. The van der Waals surface area contributed by atoms with Gasteiger partial charge in [0.15, 0.2) is 0 Å². The van der Waals surface area contributed by atoms with Crippen LogP contribution in [0.3, 0.4) is 0 Å². The molecule has 2 aromatic rings. The van der Waals surface area contributed by atoms with Gasteiger partial charge in [0.2, 0.25) is 10.0 Å². The Morgan fingerprint density at radius 2 is 2.04 bits per heavy atom. The third-order valence-electron chi connectivity index (χ3n) is 4.04. The molecule has 1 aromatic heterocycles. The van der Waals surface area contributed by atoms with Crippen LogP contribution in [0.25, 0.3) is 0 Å². The molecule has 1 aromatic carbocycles. The molecular formula is C16H19ClN2O3S. The minimum Gasteiger partial charge on any atom is -0.465 e. The Morgan fingerprint density at radius 1 is 1.30 bits per heavy atom. The summed E-state index contributed by atoms with van der Waals surface area (Å²) in [6, 6.07) is 8.60. The van der Waals surface area contributed by atoms with Gasteiger partial charge in [-0.2, -0.15) is 4.31 Å². The van der Waals surface area contributed by atoms with Crippen molar-refractivity contribution >= 4 is 21.6 Å². The smallest absolute Gasteiger partial charge is 0.247 e. The van der Waals surface area contributed by atoms with Gasteiger partial charge in [-0.1, -0.05) is 29.8 Å². The van der Waals surface area contributed by atoms with E-state index >= 15 is 0 Å². The number of furan rings is 1. The molecule has 124 valence electrons. The average Bonchev–Trinajstić information content (AvgIpc) is 2.87. The number of benzene rings is 1. The van der Waals surface area contributed by atoms with Crippen LogP contribution in [0.2, 0.25) is 5.02 Å². The molecule has 0 bridgehead atoms. The summed E-state index contributed by atoms with van der Waals surface area (Å²) in [5.41, 5.74) is 0.808. The molecule has 23 heavy (non-hydrogen) atoms. The van der Waals surface area contributed by atoms with Crippen LogP contribution in [0.1, 0.15) is 23.1 Å². The Balaban J connectivity index is 2.05. The molecule has 0 spiro atoms. The van der Waals surface area contributed by atoms with Crippen molar-refractivity contribution in [3.8, 4) is 0 Å². The second-order valence-electron chi connectivity index (χ2n) is 5.63. The summed E-state index contributed by atoms with van der Waals surface area (Å²) < 4.78 is 33.1. The number of aryl methyl sites for hydroxylation is 2. The van der Waals surface area contributed by atoms with Gasteiger partial charge in [0.1, 0.15) is 16.4 Å². The van der Waals surface area contributed by atoms with Crippen LogP contribution in [-0.4, -0.2) is 32.4 Å². The van der Waals surface area contributed by atoms with Gasteiger partial charge in [-0.25, -0.2) is 8.42 Å². The normalized spacial score (nSPS) is 19.9. The summed E-state index contributed by atoms with van der Waals surface area (Å²) in [6.07, 6.45) is 0. The second kappa shape index (κ2) is 6.28. The summed E-state index contributed by atoms with van der Waals surface area (Å²) in [4.78, 5) is 0.231. The maximum absolute atomic E-state index is 13.1. The number of hydrogen-bond acceptors (Lipinski definition) is 4. The number of rotatable bonds is 3. The third-order valence-corrected chi connectivity index (χ3v) is 6.40. The lowest BCUT2D eigenvalue weighted by molar-refractivity contribution is 0.271. The van der Waals surface area contributed by atoms with Gasteiger partial charge in [-0.3, -0.25) is 0 Å². The van der Waals surface area contributed by atoms with Crippen molar-refractivity contribution in [1.29, 1.82) is 0 Å². The fourth-order valence-corrected chi connectivity index (χ4v) is 5.06. The molecule has 1 aliphatic rings. The molecular weight excluding hydrogens is 336 g/mol. The third kappa shape index (κ3) is 3.04. The van der Waals surface area contributed by atoms with E-state index in [4.69, 9.17) is 16.0 Å². The molecule has 0 amide bonds. The predicted molar refractivity (Wildman–Crippen MR) is 89.1 cm³/mol. The molecule has 2 heterocycles. The number of sulfonamides is 1. The molecule has 1 aliphatic heterocycles. The second-order valence-corrected chi connectivity index (χ2v) is 7.90. The van der Waals surface area contributed by atoms with E-state index in [0.29, 0.717) is 36.2 Å². The van der Waals surface area contributed by atoms with E-state index in [1.807, 2.05) is 18.2 Å². The highest BCUT2D eigenvalue weighted by molar-refractivity contribution is 7.89. The molecule has 1 N–H and O–H groups in total. The van der Waals surface area contributed by atoms with Crippen LogP contribution in [0.15, 0.2) is 39.6 Å². The first kappa shape index (κ1) is 16.5. The van der Waals surface area contributed by atoms with Crippen LogP contribution in [0, 0.1) is 13.8 Å². The van der Waals surface area contributed by atoms with Crippen molar-refractivity contribution in [3.63, 3.8) is 0 Å². The van der Waals surface area contributed by atoms with E-state index in [9.17, 15) is 8.42 Å². The van der Waals surface area contributed by atoms with Crippen molar-refractivity contribution in [1.82, 2.24) is 9.62 Å². The van der Waals surface area contributed by atoms with Crippen LogP contribution < -0.4 is 5.32 Å². The number of nitrogens with zero attached hydrogens (tertiary/aromatic N) is 1. The molecule has 0 saturated carbocycles. The minimum absolute atomic E-state index is 0.231. The van der Waals surface area contributed by atoms with E-state index in [0.717, 1.165) is 5.56 Å². The van der Waals surface area contributed by atoms with Crippen LogP contribution in [0.4, 0.5) is 0 Å². The van der Waals surface area contributed by atoms with Crippen LogP contribution in [0.5, 0.6) is 0 Å². The van der Waals surface area contributed by atoms with Gasteiger partial charge in [-0.15, -0.1) is 0 Å². The number of piperazine rings is 1. The molecule has 5 nitrogen and oxygen atoms in total. The molecule has 0 radical (unpaired) electrons. The molecule has 1 unspecified atom stereocenters. The van der Waals surface area contributed by atoms with Crippen molar-refractivity contribution < 1.29 is 12.8 Å². The van der Waals surface area contributed by atoms with Crippen molar-refractivity contribution in [2.75, 3.05) is 19.6 Å². The van der Waals surface area contributed by atoms with Gasteiger partial charge in [0, 0.05) is 24.7 Å². The number of halogens is 1. The standard InChI is InChI=1S/C16H19ClN2O3S/c1-11-9-16(12(2)22-11)23(20,21)19-8-7-18-10-15(19)13-5-3-4-6-14(13)17/h3-6,9,15,18H,7-8,10H2,1-2H3. The maximum Gasteiger partial charge on any atom is 0.247 e. The van der Waals surface area contributed by atoms with E-state index in [1.165, 1.54) is 4.31 Å². The Bertz CT molecular complexity index is 816. The zero-order chi connectivity index (χ0) is 16.6. The molecule has 3 rings (SSSR count). The monoisotopic (exact) mass is 354 g/mol. The summed E-state index contributed by atoms with van der Waals surface area (Å²) in [5.74, 6) is 1.00. The predicted octanol–water partition coefficient (Wildman–Crippen LogP) is 2.89. The highest BCUT2D eigenvalue weighted by Crippen LogP contribution is 2.34. The van der Waals surface area contributed by atoms with E-state index in [1.54, 1.807) is 26.0 Å². The zero-order valence-corrected chi connectivity index (χ0v) is 14.6. The zero-order valence-electron chi connectivity index (χ0n) is 13.0. The summed E-state index contributed by atoms with van der Waals surface area (Å²) in [5, 5.41) is 3.82. The molecule has 0 aliphatic carbocycles. The largest absolute Gasteiger partial charge is 0.465 e. The van der Waals surface area contributed by atoms with E-state index < -0.39 is 10.0 Å². The first-order valence-electron chi connectivity index (χ1n) is 7.45. The first-order valence-corrected chi connectivity index (χ1v) is 9.27. The van der Waals surface area contributed by atoms with E-state index in [-0.39, 0.29) is 10.9 Å². The molecule has 1 atom stereocenters. The van der Waals surface area contributed by atoms with Crippen LogP contribution in [-0.2, 0) is 10.0 Å². The Kier molecular flexibility index (Phi) is 4.51. The highest BCUT2D eigenvalue weighted by Gasteiger charge is 2.37. The minimum atomic E-state index is -3.65. The summed E-state index contributed by atoms with van der Waals surface area (Å²) in [6.45, 7) is 4.94. The Hall–Kier alpha value is -1.34. The lowest BCUT2D eigenvalue weighted by Gasteiger charge is -2.35.